The first-order valence-electron chi connectivity index (χ1n) is 41.9. The van der Waals surface area contributed by atoms with Crippen LogP contribution in [0.3, 0.4) is 0 Å². The quantitative estimate of drug-likeness (QED) is 0.0269. The molecule has 0 bridgehead atoms. The Morgan fingerprint density at radius 2 is 0.286 bits per heavy atom. The second-order valence-electron chi connectivity index (χ2n) is 34.3. The van der Waals surface area contributed by atoms with E-state index in [4.69, 9.17) is 109 Å². The molecule has 38 N–H and O–H groups in total. The molecule has 0 saturated carbocycles. The van der Waals surface area contributed by atoms with Crippen LogP contribution >= 0.6 is 0 Å². The topological polar surface area (TPSA) is 981 Å². The number of aliphatic hydroxyl groups excluding tert-OH is 38. The zero-order chi connectivity index (χ0) is 98.0. The number of aliphatic hydroxyl groups is 38. The molecular formula is C72H122O61. The second-order valence-corrected chi connectivity index (χ2v) is 34.3. The van der Waals surface area contributed by atoms with E-state index in [0.29, 0.717) is 0 Å². The lowest BCUT2D eigenvalue weighted by Crippen LogP contribution is -2.64. The smallest absolute Gasteiger partial charge is 0.224 e. The van der Waals surface area contributed by atoms with Gasteiger partial charge in [-0.3, -0.25) is 0 Å². The third-order valence-electron chi connectivity index (χ3n) is 26.1. The van der Waals surface area contributed by atoms with E-state index >= 15 is 0 Å². The molecule has 0 spiro atoms. The molecule has 0 radical (unpaired) electrons. The van der Waals surface area contributed by atoms with Crippen LogP contribution in [0.1, 0.15) is 0 Å². The van der Waals surface area contributed by atoms with Gasteiger partial charge in [0.05, 0.1) is 79.3 Å². The first-order valence-corrected chi connectivity index (χ1v) is 41.9. The summed E-state index contributed by atoms with van der Waals surface area (Å²) in [5.41, 5.74) is 0. The predicted molar refractivity (Wildman–Crippen MR) is 395 cm³/mol. The monoisotopic (exact) mass is 1960 g/mol. The predicted octanol–water partition coefficient (Wildman–Crippen LogP) is -27.1. The molecular weight excluding hydrogens is 1840 g/mol. The molecule has 12 rings (SSSR count). The van der Waals surface area contributed by atoms with Crippen LogP contribution in [0.4, 0.5) is 0 Å². The highest BCUT2D eigenvalue weighted by Crippen LogP contribution is 2.50. The van der Waals surface area contributed by atoms with Gasteiger partial charge in [0.25, 0.3) is 0 Å². The van der Waals surface area contributed by atoms with Crippen molar-refractivity contribution in [2.24, 2.45) is 0 Å². The third-order valence-corrected chi connectivity index (χ3v) is 26.1. The summed E-state index contributed by atoms with van der Waals surface area (Å²) >= 11 is 0. The maximum atomic E-state index is 12.2. The first kappa shape index (κ1) is 109. The van der Waals surface area contributed by atoms with Gasteiger partial charge in [-0.25, -0.2) is 0 Å². The van der Waals surface area contributed by atoms with Gasteiger partial charge in [-0.15, -0.1) is 0 Å². The van der Waals surface area contributed by atoms with Crippen molar-refractivity contribution in [3.8, 4) is 0 Å². The third kappa shape index (κ3) is 19.5. The Bertz CT molecular complexity index is 3580. The van der Waals surface area contributed by atoms with Crippen LogP contribution in [0.5, 0.6) is 0 Å². The van der Waals surface area contributed by atoms with Gasteiger partial charge in [-0.1, -0.05) is 0 Å². The standard InChI is InChI=1S/C72H122O61/c73-1-24-36(86)48(98)49(99)61(121-24)133-72(60(110)47(97)35(12-84)132-72)23-120-71(59(109)46(96)34(11-83)131-71)22-119-70(58(108)45(95)33(10-82)130-70)21-118-69(57(107)44(94)32(9-81)129-69)20-117-68(56(106)43(93)31(8-80)128-68)19-116-67(55(105)42(92)30(7-79)127-67)18-115-66(54(104)41(91)29(6-78)126-66)17-114-65(53(103)40(90)28(5-77)125-65)16-113-64(52(102)39(89)27(4-76)124-64)15-112-63(51(101)38(88)26(3-75)123-63)14-111-62(13-85)50(100)37(87)25(2-74)122-62/h24-61,73-110H,1-23H2/t24?,25-,26-,27-,28-,29-,30-,31?,32?,33?,34?,35?,36?,37-,38-,39-,40-,41-,42-,43?,44?,45?,46?,47?,48?,49?,50+,51+,52+,53+,54+,55+,56?,57?,58?,59?,60?,61?,62-,63-,64-,65-,66-,67-,68-,69-,70?,71?,72?/m1/s1. The van der Waals surface area contributed by atoms with Crippen molar-refractivity contribution in [3.63, 3.8) is 0 Å². The molecule has 0 aromatic rings. The average Bonchev–Trinajstić information content (AvgIpc) is 1.59. The van der Waals surface area contributed by atoms with Crippen LogP contribution in [0.2, 0.25) is 0 Å². The summed E-state index contributed by atoms with van der Waals surface area (Å²) in [6, 6.07) is 0. The van der Waals surface area contributed by atoms with E-state index in [-0.39, 0.29) is 0 Å². The van der Waals surface area contributed by atoms with Crippen molar-refractivity contribution in [3.05, 3.63) is 0 Å². The van der Waals surface area contributed by atoms with E-state index in [2.05, 4.69) is 0 Å². The summed E-state index contributed by atoms with van der Waals surface area (Å²) in [7, 11) is 0. The number of hydrogen-bond acceptors (Lipinski definition) is 61. The van der Waals surface area contributed by atoms with Crippen molar-refractivity contribution in [1.29, 1.82) is 0 Å². The van der Waals surface area contributed by atoms with E-state index in [9.17, 15) is 194 Å². The van der Waals surface area contributed by atoms with Gasteiger partial charge in [0.15, 0.2) is 6.29 Å². The Kier molecular flexibility index (Phi) is 35.2. The molecule has 61 heteroatoms. The van der Waals surface area contributed by atoms with Gasteiger partial charge in [0.2, 0.25) is 63.7 Å². The fourth-order valence-corrected chi connectivity index (χ4v) is 17.7. The molecule has 23 unspecified atom stereocenters. The van der Waals surface area contributed by atoms with Crippen LogP contribution in [0.25, 0.3) is 0 Å². The maximum Gasteiger partial charge on any atom is 0.224 e. The lowest BCUT2D eigenvalue weighted by molar-refractivity contribution is -0.407. The Labute approximate surface area is 748 Å². The molecule has 0 aromatic carbocycles. The Hall–Kier alpha value is -2.44. The minimum absolute atomic E-state index is 0.986. The molecule has 12 saturated heterocycles. The summed E-state index contributed by atoms with van der Waals surface area (Å²) in [5, 5.41) is 423. The maximum absolute atomic E-state index is 12.2. The molecule has 12 fully saturated rings. The summed E-state index contributed by atoms with van der Waals surface area (Å²) < 4.78 is 136. The van der Waals surface area contributed by atoms with Gasteiger partial charge in [-0.05, 0) is 0 Å². The van der Waals surface area contributed by atoms with Gasteiger partial charge in [0, 0.05) is 0 Å². The van der Waals surface area contributed by atoms with Crippen LogP contribution in [-0.2, 0) is 109 Å². The van der Waals surface area contributed by atoms with Crippen molar-refractivity contribution in [1.82, 2.24) is 0 Å². The highest BCUT2D eigenvalue weighted by Gasteiger charge is 2.72. The molecule has 776 valence electrons. The number of rotatable bonds is 45. The van der Waals surface area contributed by atoms with Crippen LogP contribution in [-0.4, -0.2) is 642 Å². The van der Waals surface area contributed by atoms with Gasteiger partial charge >= 0.3 is 0 Å². The lowest BCUT2D eigenvalue weighted by Gasteiger charge is -2.45. The Balaban J connectivity index is 0.839. The molecule has 0 amide bonds. The van der Waals surface area contributed by atoms with Gasteiger partial charge in [0.1, 0.15) is 299 Å². The van der Waals surface area contributed by atoms with Crippen molar-refractivity contribution >= 4 is 0 Å². The normalized spacial score (nSPS) is 52.8. The van der Waals surface area contributed by atoms with Crippen molar-refractivity contribution in [2.75, 3.05) is 152 Å². The summed E-state index contributed by atoms with van der Waals surface area (Å²) in [6.45, 7) is -31.5. The van der Waals surface area contributed by atoms with E-state index in [1.165, 1.54) is 0 Å². The highest BCUT2D eigenvalue weighted by atomic mass is 16.9. The molecule has 12 aliphatic heterocycles. The summed E-state index contributed by atoms with van der Waals surface area (Å²) in [6.07, 6.45) is -85.1. The van der Waals surface area contributed by atoms with E-state index in [0.717, 1.165) is 0 Å². The molecule has 0 aliphatic carbocycles. The lowest BCUT2D eigenvalue weighted by atomic mass is 9.99. The zero-order valence-electron chi connectivity index (χ0n) is 70.1. The average molecular weight is 1960 g/mol. The Morgan fingerprint density at radius 3 is 0.444 bits per heavy atom. The first-order chi connectivity index (χ1) is 62.7. The molecule has 49 atom stereocenters. The molecule has 61 nitrogen and oxygen atoms in total. The van der Waals surface area contributed by atoms with Crippen LogP contribution in [0.15, 0.2) is 0 Å². The van der Waals surface area contributed by atoms with Crippen LogP contribution < -0.4 is 0 Å². The van der Waals surface area contributed by atoms with Gasteiger partial charge in [-0.2, -0.15) is 0 Å². The molecule has 133 heavy (non-hydrogen) atoms. The van der Waals surface area contributed by atoms with E-state index < -0.39 is 448 Å². The van der Waals surface area contributed by atoms with Gasteiger partial charge < -0.3 is 303 Å². The van der Waals surface area contributed by atoms with E-state index in [1.807, 2.05) is 0 Å². The van der Waals surface area contributed by atoms with Crippen LogP contribution in [0, 0.1) is 0 Å². The zero-order valence-corrected chi connectivity index (χ0v) is 70.1. The number of ether oxygens (including phenoxy) is 23. The molecule has 12 aliphatic rings. The second kappa shape index (κ2) is 42.8. The fraction of sp³-hybridized carbons (Fsp3) is 1.00. The Morgan fingerprint density at radius 1 is 0.150 bits per heavy atom. The summed E-state index contributed by atoms with van der Waals surface area (Å²) in [4.78, 5) is 0. The minimum Gasteiger partial charge on any atom is -0.394 e. The van der Waals surface area contributed by atoms with Crippen molar-refractivity contribution < 1.29 is 303 Å². The fourth-order valence-electron chi connectivity index (χ4n) is 17.7. The largest absolute Gasteiger partial charge is 0.394 e. The molecule has 0 aromatic heterocycles. The highest BCUT2D eigenvalue weighted by molar-refractivity contribution is 5.11. The summed E-state index contributed by atoms with van der Waals surface area (Å²) in [5.74, 6) is -34.6. The number of hydrogen-bond donors (Lipinski definition) is 38. The minimum atomic E-state index is -3.30. The van der Waals surface area contributed by atoms with Crippen molar-refractivity contribution in [2.45, 2.75) is 296 Å². The van der Waals surface area contributed by atoms with E-state index in [1.54, 1.807) is 0 Å². The SMILES string of the molecule is OCC1OC(OC2(COC3(COC4(CO[C@]5(CO[C@]6(CO[C@]7(CO[C@]8(CO[C@]9(CO[C@]%10(CO[C@]%11(CO[C@]%12(CO)O[C@H](CO)[C@@H](O)[C@@H]%12O)O[C@H](CO)[C@@H](O)[C@@H]%11O)O[C@H](CO)[C@@H](O)[C@@H]%10O)O[C@H](CO)[C@@H](O)[C@@H]9O)O[C@H](CO)[C@@H](O)[C@@H]8O)O[C@H](CO)[C@@H](O)[C@@H]7O)OC(CO)C(O)C6O)OC(CO)C(O)C5O)OC(CO)C(O)C4O)OC(CO)C(O)C3O)OC(CO)C(O)C2O)C(O)C(O)C1O. The molecule has 12 heterocycles.